The Morgan fingerprint density at radius 2 is 2.00 bits per heavy atom. The molecule has 3 rings (SSSR count). The monoisotopic (exact) mass is 294 g/mol. The number of hydrogen-bond acceptors (Lipinski definition) is 4. The van der Waals surface area contributed by atoms with Crippen LogP contribution >= 0.6 is 0 Å². The van der Waals surface area contributed by atoms with Crippen molar-refractivity contribution in [3.63, 3.8) is 0 Å². The van der Waals surface area contributed by atoms with E-state index < -0.39 is 11.6 Å². The second-order valence-corrected chi connectivity index (χ2v) is 6.35. The summed E-state index contributed by atoms with van der Waals surface area (Å²) in [5.74, 6) is 0.238. The van der Waals surface area contributed by atoms with E-state index in [0.717, 1.165) is 19.3 Å². The minimum atomic E-state index is -0.809. The van der Waals surface area contributed by atoms with E-state index in [-0.39, 0.29) is 17.7 Å². The maximum Gasteiger partial charge on any atom is 0.322 e. The lowest BCUT2D eigenvalue weighted by atomic mass is 9.86. The molecule has 2 atom stereocenters. The second kappa shape index (κ2) is 5.29. The van der Waals surface area contributed by atoms with Crippen LogP contribution in [0.2, 0.25) is 0 Å². The fourth-order valence-corrected chi connectivity index (χ4v) is 3.87. The number of carbonyl (C=O) groups is 3. The molecule has 4 N–H and O–H groups in total. The van der Waals surface area contributed by atoms with Crippen LogP contribution in [0, 0.1) is 11.8 Å². The Hall–Kier alpha value is -1.63. The molecule has 7 nitrogen and oxygen atoms in total. The van der Waals surface area contributed by atoms with Crippen molar-refractivity contribution in [3.05, 3.63) is 0 Å². The number of hydrogen-bond donors (Lipinski definition) is 3. The van der Waals surface area contributed by atoms with Crippen LogP contribution in [-0.4, -0.2) is 47.9 Å². The third kappa shape index (κ3) is 2.39. The van der Waals surface area contributed by atoms with E-state index in [1.165, 1.54) is 0 Å². The molecule has 1 saturated carbocycles. The minimum absolute atomic E-state index is 0.0380. The van der Waals surface area contributed by atoms with Crippen molar-refractivity contribution < 1.29 is 14.4 Å². The van der Waals surface area contributed by atoms with Crippen molar-refractivity contribution in [1.82, 2.24) is 15.5 Å². The smallest absolute Gasteiger partial charge is 0.322 e. The number of rotatable bonds is 2. The van der Waals surface area contributed by atoms with Crippen LogP contribution in [-0.2, 0) is 9.59 Å². The highest BCUT2D eigenvalue weighted by atomic mass is 16.2. The van der Waals surface area contributed by atoms with Gasteiger partial charge in [-0.25, -0.2) is 4.79 Å². The summed E-state index contributed by atoms with van der Waals surface area (Å²) in [5, 5.41) is 4.99. The first-order valence-electron chi connectivity index (χ1n) is 7.68. The molecule has 0 bridgehead atoms. The molecule has 3 aliphatic rings. The predicted octanol–water partition coefficient (Wildman–Crippen LogP) is -0.438. The van der Waals surface area contributed by atoms with Gasteiger partial charge in [0.25, 0.3) is 5.91 Å². The van der Waals surface area contributed by atoms with Crippen LogP contribution in [0.15, 0.2) is 0 Å². The average molecular weight is 294 g/mol. The Kier molecular flexibility index (Phi) is 3.61. The summed E-state index contributed by atoms with van der Waals surface area (Å²) in [7, 11) is 0. The molecule has 4 amide bonds. The van der Waals surface area contributed by atoms with Gasteiger partial charge in [0.2, 0.25) is 5.91 Å². The van der Waals surface area contributed by atoms with Gasteiger partial charge >= 0.3 is 6.03 Å². The van der Waals surface area contributed by atoms with Crippen LogP contribution in [0.25, 0.3) is 0 Å². The number of amides is 4. The molecule has 0 radical (unpaired) electrons. The first-order valence-corrected chi connectivity index (χ1v) is 7.68. The molecule has 2 saturated heterocycles. The molecule has 1 spiro atoms. The topological polar surface area (TPSA) is 105 Å². The molecule has 1 aliphatic carbocycles. The van der Waals surface area contributed by atoms with E-state index in [2.05, 4.69) is 10.6 Å². The van der Waals surface area contributed by atoms with E-state index in [1.807, 2.05) is 4.90 Å². The highest BCUT2D eigenvalue weighted by molar-refractivity contribution is 6.07. The molecule has 7 heteroatoms. The number of carbonyl (C=O) groups excluding carboxylic acids is 3. The summed E-state index contributed by atoms with van der Waals surface area (Å²) in [4.78, 5) is 37.6. The van der Waals surface area contributed by atoms with Crippen molar-refractivity contribution in [2.24, 2.45) is 17.6 Å². The minimum Gasteiger partial charge on any atom is -0.342 e. The maximum atomic E-state index is 12.6. The summed E-state index contributed by atoms with van der Waals surface area (Å²) in [6.07, 6.45) is 3.98. The highest BCUT2D eigenvalue weighted by Gasteiger charge is 2.49. The first-order chi connectivity index (χ1) is 10.1. The fraction of sp³-hybridized carbons (Fsp3) is 0.786. The first kappa shape index (κ1) is 14.3. The van der Waals surface area contributed by atoms with Gasteiger partial charge < -0.3 is 16.0 Å². The van der Waals surface area contributed by atoms with Gasteiger partial charge in [0.15, 0.2) is 0 Å². The summed E-state index contributed by atoms with van der Waals surface area (Å²) in [6, 6.07) is -0.432. The van der Waals surface area contributed by atoms with E-state index in [4.69, 9.17) is 5.73 Å². The van der Waals surface area contributed by atoms with Gasteiger partial charge in [-0.3, -0.25) is 14.9 Å². The van der Waals surface area contributed by atoms with Crippen LogP contribution in [0.4, 0.5) is 4.79 Å². The zero-order valence-corrected chi connectivity index (χ0v) is 12.1. The summed E-state index contributed by atoms with van der Waals surface area (Å²) in [6.45, 7) is 1.59. The van der Waals surface area contributed by atoms with Crippen LogP contribution in [0.5, 0.6) is 0 Å². The normalized spacial score (nSPS) is 31.4. The van der Waals surface area contributed by atoms with E-state index in [0.29, 0.717) is 38.4 Å². The number of nitrogens with zero attached hydrogens (tertiary/aromatic N) is 1. The van der Waals surface area contributed by atoms with Gasteiger partial charge in [-0.2, -0.15) is 0 Å². The SMILES string of the molecule is NCC1CCCC1C(=O)N1CCC2(CC1)NC(=O)NC2=O. The van der Waals surface area contributed by atoms with Crippen molar-refractivity contribution in [1.29, 1.82) is 0 Å². The molecule has 2 heterocycles. The zero-order valence-electron chi connectivity index (χ0n) is 12.1. The molecule has 21 heavy (non-hydrogen) atoms. The van der Waals surface area contributed by atoms with E-state index in [9.17, 15) is 14.4 Å². The third-order valence-electron chi connectivity index (χ3n) is 5.22. The van der Waals surface area contributed by atoms with Gasteiger partial charge in [-0.15, -0.1) is 0 Å². The summed E-state index contributed by atoms with van der Waals surface area (Å²) >= 11 is 0. The van der Waals surface area contributed by atoms with E-state index in [1.54, 1.807) is 0 Å². The van der Waals surface area contributed by atoms with Crippen molar-refractivity contribution >= 4 is 17.8 Å². The lowest BCUT2D eigenvalue weighted by molar-refractivity contribution is -0.140. The zero-order chi connectivity index (χ0) is 15.0. The molecule has 2 aliphatic heterocycles. The molecule has 116 valence electrons. The largest absolute Gasteiger partial charge is 0.342 e. The summed E-state index contributed by atoms with van der Waals surface area (Å²) in [5.41, 5.74) is 4.94. The van der Waals surface area contributed by atoms with Crippen LogP contribution in [0.1, 0.15) is 32.1 Å². The second-order valence-electron chi connectivity index (χ2n) is 6.35. The molecular formula is C14H22N4O3. The van der Waals surface area contributed by atoms with Gasteiger partial charge in [0.1, 0.15) is 5.54 Å². The Bertz CT molecular complexity index is 471. The van der Waals surface area contributed by atoms with Gasteiger partial charge in [-0.05, 0) is 38.1 Å². The van der Waals surface area contributed by atoms with Gasteiger partial charge in [0, 0.05) is 19.0 Å². The molecular weight excluding hydrogens is 272 g/mol. The lowest BCUT2D eigenvalue weighted by Gasteiger charge is -2.38. The molecule has 2 unspecified atom stereocenters. The standard InChI is InChI=1S/C14H22N4O3/c15-8-9-2-1-3-10(9)11(19)18-6-4-14(5-7-18)12(20)16-13(21)17-14/h9-10H,1-8,15H2,(H2,16,17,20,21). The number of nitrogens with one attached hydrogen (secondary N) is 2. The van der Waals surface area contributed by atoms with Gasteiger partial charge in [-0.1, -0.05) is 6.42 Å². The van der Waals surface area contributed by atoms with Gasteiger partial charge in [0.05, 0.1) is 0 Å². The molecule has 0 aromatic carbocycles. The van der Waals surface area contributed by atoms with Crippen molar-refractivity contribution in [3.8, 4) is 0 Å². The number of likely N-dealkylation sites (tertiary alicyclic amines) is 1. The number of piperidine rings is 1. The Morgan fingerprint density at radius 1 is 1.29 bits per heavy atom. The molecule has 0 aromatic heterocycles. The number of nitrogens with two attached hydrogens (primary N) is 1. The Morgan fingerprint density at radius 3 is 2.57 bits per heavy atom. The quantitative estimate of drug-likeness (QED) is 0.601. The molecule has 3 fully saturated rings. The van der Waals surface area contributed by atoms with Crippen LogP contribution in [0.3, 0.4) is 0 Å². The summed E-state index contributed by atoms with van der Waals surface area (Å²) < 4.78 is 0. The average Bonchev–Trinajstić information content (AvgIpc) is 3.04. The maximum absolute atomic E-state index is 12.6. The van der Waals surface area contributed by atoms with Crippen molar-refractivity contribution in [2.45, 2.75) is 37.6 Å². The highest BCUT2D eigenvalue weighted by Crippen LogP contribution is 2.34. The lowest BCUT2D eigenvalue weighted by Crippen LogP contribution is -2.56. The Labute approximate surface area is 123 Å². The van der Waals surface area contributed by atoms with E-state index >= 15 is 0 Å². The Balaban J connectivity index is 1.62. The van der Waals surface area contributed by atoms with Crippen molar-refractivity contribution in [2.75, 3.05) is 19.6 Å². The number of imide groups is 1. The predicted molar refractivity (Wildman–Crippen MR) is 75.1 cm³/mol. The fourth-order valence-electron chi connectivity index (χ4n) is 3.87. The number of urea groups is 1. The molecule has 0 aromatic rings. The third-order valence-corrected chi connectivity index (χ3v) is 5.22. The van der Waals surface area contributed by atoms with Crippen LogP contribution < -0.4 is 16.4 Å².